The Kier molecular flexibility index (Phi) is 20.3. The molecule has 0 heterocycles. The Morgan fingerprint density at radius 2 is 0.778 bits per heavy atom. The SMILES string of the molecule is O.O.O.O.[Na].c1ccc(Oc2ccccc2)cc1. The van der Waals surface area contributed by atoms with Crippen LogP contribution in [0.5, 0.6) is 11.5 Å². The monoisotopic (exact) mass is 265 g/mol. The molecule has 0 aliphatic rings. The average molecular weight is 265 g/mol. The maximum absolute atomic E-state index is 5.58. The van der Waals surface area contributed by atoms with Gasteiger partial charge in [0.15, 0.2) is 0 Å². The molecule has 2 aromatic rings. The van der Waals surface area contributed by atoms with E-state index in [0.717, 1.165) is 11.5 Å². The number of hydrogen-bond acceptors (Lipinski definition) is 1. The fourth-order valence-electron chi connectivity index (χ4n) is 1.11. The molecule has 0 bridgehead atoms. The van der Waals surface area contributed by atoms with Gasteiger partial charge in [-0.1, -0.05) is 36.4 Å². The minimum Gasteiger partial charge on any atom is -0.457 e. The van der Waals surface area contributed by atoms with Gasteiger partial charge in [0.1, 0.15) is 11.5 Å². The van der Waals surface area contributed by atoms with E-state index < -0.39 is 0 Å². The third-order valence-corrected chi connectivity index (χ3v) is 1.72. The van der Waals surface area contributed by atoms with Crippen molar-refractivity contribution in [1.82, 2.24) is 0 Å². The molecule has 0 saturated heterocycles. The van der Waals surface area contributed by atoms with Crippen LogP contribution >= 0.6 is 0 Å². The van der Waals surface area contributed by atoms with Crippen molar-refractivity contribution in [3.05, 3.63) is 60.7 Å². The van der Waals surface area contributed by atoms with Gasteiger partial charge in [-0.25, -0.2) is 0 Å². The molecule has 2 rings (SSSR count). The maximum atomic E-state index is 5.58. The van der Waals surface area contributed by atoms with Gasteiger partial charge in [-0.3, -0.25) is 0 Å². The van der Waals surface area contributed by atoms with Gasteiger partial charge in [0.05, 0.1) is 0 Å². The Hall–Kier alpha value is -0.920. The van der Waals surface area contributed by atoms with Crippen molar-refractivity contribution in [3.8, 4) is 11.5 Å². The fraction of sp³-hybridized carbons (Fsp3) is 0. The van der Waals surface area contributed by atoms with Crippen LogP contribution in [0.15, 0.2) is 60.7 Å². The molecule has 0 spiro atoms. The molecule has 1 radical (unpaired) electrons. The molecule has 2 aromatic carbocycles. The summed E-state index contributed by atoms with van der Waals surface area (Å²) in [6.45, 7) is 0. The second-order valence-corrected chi connectivity index (χ2v) is 2.73. The second-order valence-electron chi connectivity index (χ2n) is 2.73. The molecular formula is C12H18NaO5. The van der Waals surface area contributed by atoms with Crippen LogP contribution in [0.1, 0.15) is 0 Å². The zero-order valence-corrected chi connectivity index (χ0v) is 12.2. The first-order valence-corrected chi connectivity index (χ1v) is 4.23. The third kappa shape index (κ3) is 8.21. The van der Waals surface area contributed by atoms with Gasteiger partial charge in [0, 0.05) is 29.6 Å². The van der Waals surface area contributed by atoms with Crippen LogP contribution in [-0.2, 0) is 0 Å². The molecule has 18 heavy (non-hydrogen) atoms. The predicted octanol–water partition coefficient (Wildman–Crippen LogP) is -0.201. The van der Waals surface area contributed by atoms with Crippen LogP contribution in [0.25, 0.3) is 0 Å². The van der Waals surface area contributed by atoms with Crippen molar-refractivity contribution in [3.63, 3.8) is 0 Å². The van der Waals surface area contributed by atoms with E-state index in [1.54, 1.807) is 0 Å². The molecule has 8 N–H and O–H groups in total. The molecule has 0 aliphatic heterocycles. The molecule has 97 valence electrons. The predicted molar refractivity (Wildman–Crippen MR) is 73.2 cm³/mol. The Morgan fingerprint density at radius 3 is 1.06 bits per heavy atom. The summed E-state index contributed by atoms with van der Waals surface area (Å²) in [7, 11) is 0. The van der Waals surface area contributed by atoms with E-state index in [2.05, 4.69) is 0 Å². The van der Waals surface area contributed by atoms with Crippen molar-refractivity contribution in [2.24, 2.45) is 0 Å². The second kappa shape index (κ2) is 14.1. The largest absolute Gasteiger partial charge is 0.457 e. The number of ether oxygens (including phenoxy) is 1. The van der Waals surface area contributed by atoms with Gasteiger partial charge in [0.2, 0.25) is 0 Å². The molecular weight excluding hydrogens is 247 g/mol. The van der Waals surface area contributed by atoms with Gasteiger partial charge in [-0.2, -0.15) is 0 Å². The Balaban J connectivity index is -0.000000196. The number of benzene rings is 2. The fourth-order valence-corrected chi connectivity index (χ4v) is 1.11. The van der Waals surface area contributed by atoms with Crippen LogP contribution in [0.4, 0.5) is 0 Å². The van der Waals surface area contributed by atoms with E-state index in [4.69, 9.17) is 4.74 Å². The zero-order chi connectivity index (χ0) is 8.93. The van der Waals surface area contributed by atoms with E-state index in [0.29, 0.717) is 0 Å². The van der Waals surface area contributed by atoms with E-state index in [-0.39, 0.29) is 51.5 Å². The summed E-state index contributed by atoms with van der Waals surface area (Å²) in [6.07, 6.45) is 0. The zero-order valence-electron chi connectivity index (χ0n) is 10.2. The van der Waals surface area contributed by atoms with Crippen LogP contribution in [0.2, 0.25) is 0 Å². The summed E-state index contributed by atoms with van der Waals surface area (Å²) in [5.74, 6) is 1.74. The first-order chi connectivity index (χ1) is 6.45. The molecule has 5 nitrogen and oxygen atoms in total. The van der Waals surface area contributed by atoms with E-state index in [9.17, 15) is 0 Å². The average Bonchev–Trinajstić information content (AvgIpc) is 2.21. The summed E-state index contributed by atoms with van der Waals surface area (Å²) in [6, 6.07) is 19.5. The number of hydrogen-bond donors (Lipinski definition) is 0. The van der Waals surface area contributed by atoms with Gasteiger partial charge in [-0.15, -0.1) is 0 Å². The molecule has 0 amide bonds. The van der Waals surface area contributed by atoms with Crippen molar-refractivity contribution in [2.75, 3.05) is 0 Å². The topological polar surface area (TPSA) is 135 Å². The van der Waals surface area contributed by atoms with Crippen molar-refractivity contribution in [1.29, 1.82) is 0 Å². The number of para-hydroxylation sites is 2. The maximum Gasteiger partial charge on any atom is 0.127 e. The minimum atomic E-state index is 0. The summed E-state index contributed by atoms with van der Waals surface area (Å²) in [5, 5.41) is 0. The van der Waals surface area contributed by atoms with Gasteiger partial charge >= 0.3 is 0 Å². The summed E-state index contributed by atoms with van der Waals surface area (Å²) in [4.78, 5) is 0. The summed E-state index contributed by atoms with van der Waals surface area (Å²) >= 11 is 0. The van der Waals surface area contributed by atoms with Crippen molar-refractivity contribution < 1.29 is 26.6 Å². The minimum absolute atomic E-state index is 0. The third-order valence-electron chi connectivity index (χ3n) is 1.72. The first kappa shape index (κ1) is 25.8. The van der Waals surface area contributed by atoms with E-state index in [1.807, 2.05) is 60.7 Å². The van der Waals surface area contributed by atoms with Crippen molar-refractivity contribution >= 4 is 29.6 Å². The Bertz CT molecular complexity index is 331. The molecule has 0 aromatic heterocycles. The smallest absolute Gasteiger partial charge is 0.127 e. The van der Waals surface area contributed by atoms with Crippen LogP contribution in [-0.4, -0.2) is 51.5 Å². The van der Waals surface area contributed by atoms with Gasteiger partial charge in [0.25, 0.3) is 0 Å². The standard InChI is InChI=1S/C12H10O.Na.4H2O/c1-3-7-11(8-4-1)13-12-9-5-2-6-10-12;;;;;/h1-10H;;4*1H2. The quantitative estimate of drug-likeness (QED) is 0.682. The van der Waals surface area contributed by atoms with Gasteiger partial charge < -0.3 is 26.6 Å². The molecule has 0 fully saturated rings. The Morgan fingerprint density at radius 1 is 0.500 bits per heavy atom. The summed E-state index contributed by atoms with van der Waals surface area (Å²) in [5.41, 5.74) is 0. The first-order valence-electron chi connectivity index (χ1n) is 4.23. The normalized spacial score (nSPS) is 6.89. The van der Waals surface area contributed by atoms with Crippen molar-refractivity contribution in [2.45, 2.75) is 0 Å². The van der Waals surface area contributed by atoms with E-state index in [1.165, 1.54) is 0 Å². The molecule has 0 saturated carbocycles. The van der Waals surface area contributed by atoms with Crippen LogP contribution in [0, 0.1) is 0 Å². The number of rotatable bonds is 2. The molecule has 0 unspecified atom stereocenters. The Labute approximate surface area is 128 Å². The van der Waals surface area contributed by atoms with Crippen LogP contribution in [0.3, 0.4) is 0 Å². The molecule has 0 atom stereocenters. The van der Waals surface area contributed by atoms with Gasteiger partial charge in [-0.05, 0) is 24.3 Å². The van der Waals surface area contributed by atoms with Crippen LogP contribution < -0.4 is 4.74 Å². The summed E-state index contributed by atoms with van der Waals surface area (Å²) < 4.78 is 5.58. The molecule has 6 heteroatoms. The van der Waals surface area contributed by atoms with E-state index >= 15 is 0 Å². The molecule has 0 aliphatic carbocycles.